The topological polar surface area (TPSA) is 127 Å². The number of halogens is 3. The lowest BCUT2D eigenvalue weighted by molar-refractivity contribution is -0.137. The van der Waals surface area contributed by atoms with E-state index in [-0.39, 0.29) is 41.0 Å². The van der Waals surface area contributed by atoms with Crippen LogP contribution in [0.25, 0.3) is 0 Å². The van der Waals surface area contributed by atoms with Gasteiger partial charge in [-0.25, -0.2) is 12.7 Å². The molecule has 0 spiro atoms. The van der Waals surface area contributed by atoms with Crippen molar-refractivity contribution < 1.29 is 40.3 Å². The number of carbonyl (C=O) groups is 2. The molecule has 2 aromatic carbocycles. The van der Waals surface area contributed by atoms with Crippen molar-refractivity contribution in [2.24, 2.45) is 5.92 Å². The Labute approximate surface area is 244 Å². The molecule has 2 aliphatic heterocycles. The van der Waals surface area contributed by atoms with E-state index in [0.29, 0.717) is 32.2 Å². The van der Waals surface area contributed by atoms with Crippen LogP contribution < -0.4 is 5.32 Å². The molecule has 2 aromatic rings. The highest BCUT2D eigenvalue weighted by Crippen LogP contribution is 2.52. The molecule has 2 heterocycles. The second-order valence-corrected chi connectivity index (χ2v) is 15.3. The van der Waals surface area contributed by atoms with Crippen molar-refractivity contribution in [2.45, 2.75) is 61.3 Å². The summed E-state index contributed by atoms with van der Waals surface area (Å²) in [6.45, 7) is 0.755. The Morgan fingerprint density at radius 3 is 2.43 bits per heavy atom. The van der Waals surface area contributed by atoms with Gasteiger partial charge in [-0.05, 0) is 68.4 Å². The highest BCUT2D eigenvalue weighted by molar-refractivity contribution is 8.22. The quantitative estimate of drug-likeness (QED) is 0.414. The molecule has 9 nitrogen and oxygen atoms in total. The van der Waals surface area contributed by atoms with Gasteiger partial charge in [-0.15, -0.1) is 10.8 Å². The first-order valence-electron chi connectivity index (χ1n) is 13.9. The smallest absolute Gasteiger partial charge is 0.340 e. The van der Waals surface area contributed by atoms with Gasteiger partial charge in [-0.1, -0.05) is 24.3 Å². The van der Waals surface area contributed by atoms with E-state index in [9.17, 15) is 40.3 Å². The van der Waals surface area contributed by atoms with Gasteiger partial charge < -0.3 is 10.2 Å². The average Bonchev–Trinajstić information content (AvgIpc) is 3.49. The third kappa shape index (κ3) is 6.47. The molecule has 230 valence electrons. The number of hydrogen-bond acceptors (Lipinski definition) is 7. The lowest BCUT2D eigenvalue weighted by Gasteiger charge is -2.47. The van der Waals surface area contributed by atoms with Crippen LogP contribution in [0.5, 0.6) is 0 Å². The number of alkyl halides is 3. The standard InChI is InChI=1S/C28H34F3N3O6S2/c29-28(30,31)21-7-4-6-19(16-21)26(35)32-24-12-14-33(27(24)36)25-11-10-22(34-13-5-15-42(34,39)40)17-20(25)18-41(37,38)23-8-2-1-3-9-23/h1-4,6-9,16,20,22,24-25,39-40H,5,10-15,17-18H2,(H,32,35)/t20-,22+,24-,25-/m0/s1. The minimum Gasteiger partial charge on any atom is -0.340 e. The minimum atomic E-state index is -4.62. The molecule has 2 saturated heterocycles. The van der Waals surface area contributed by atoms with E-state index in [2.05, 4.69) is 5.32 Å². The Morgan fingerprint density at radius 2 is 1.76 bits per heavy atom. The van der Waals surface area contributed by atoms with Crippen LogP contribution in [0.3, 0.4) is 0 Å². The second kappa shape index (κ2) is 11.8. The molecule has 2 amide bonds. The summed E-state index contributed by atoms with van der Waals surface area (Å²) in [5.41, 5.74) is -1.18. The number of likely N-dealkylation sites (tertiary alicyclic amines) is 1. The summed E-state index contributed by atoms with van der Waals surface area (Å²) in [7, 11) is -6.67. The van der Waals surface area contributed by atoms with Gasteiger partial charge in [0.05, 0.1) is 22.0 Å². The van der Waals surface area contributed by atoms with E-state index in [4.69, 9.17) is 0 Å². The highest BCUT2D eigenvalue weighted by Gasteiger charge is 2.46. The molecule has 0 radical (unpaired) electrons. The van der Waals surface area contributed by atoms with E-state index < -0.39 is 62.2 Å². The van der Waals surface area contributed by atoms with Crippen LogP contribution >= 0.6 is 10.8 Å². The molecular weight excluding hydrogens is 595 g/mol. The van der Waals surface area contributed by atoms with Crippen LogP contribution in [-0.4, -0.2) is 81.3 Å². The Kier molecular flexibility index (Phi) is 8.65. The maximum atomic E-state index is 13.5. The molecule has 0 aromatic heterocycles. The molecule has 3 fully saturated rings. The van der Waals surface area contributed by atoms with Crippen molar-refractivity contribution in [3.63, 3.8) is 0 Å². The monoisotopic (exact) mass is 629 g/mol. The summed E-state index contributed by atoms with van der Waals surface area (Å²) in [5, 5.41) is 2.56. The predicted octanol–water partition coefficient (Wildman–Crippen LogP) is 4.42. The van der Waals surface area contributed by atoms with Gasteiger partial charge in [0.15, 0.2) is 9.84 Å². The molecule has 5 rings (SSSR count). The maximum Gasteiger partial charge on any atom is 0.416 e. The fraction of sp³-hybridized carbons (Fsp3) is 0.500. The fourth-order valence-electron chi connectivity index (χ4n) is 6.42. The van der Waals surface area contributed by atoms with E-state index in [1.165, 1.54) is 18.2 Å². The van der Waals surface area contributed by atoms with Crippen molar-refractivity contribution in [1.82, 2.24) is 14.5 Å². The molecule has 1 aliphatic carbocycles. The van der Waals surface area contributed by atoms with Crippen LogP contribution in [0, 0.1) is 5.92 Å². The Balaban J connectivity index is 1.33. The fourth-order valence-corrected chi connectivity index (χ4v) is 9.95. The lowest BCUT2D eigenvalue weighted by Crippen LogP contribution is -2.52. The molecule has 14 heteroatoms. The summed E-state index contributed by atoms with van der Waals surface area (Å²) in [6, 6.07) is 10.3. The lowest BCUT2D eigenvalue weighted by atomic mass is 9.81. The number of benzene rings is 2. The Bertz CT molecular complexity index is 1420. The normalized spacial score (nSPS) is 27.6. The molecule has 42 heavy (non-hydrogen) atoms. The number of nitrogens with one attached hydrogen (secondary N) is 1. The van der Waals surface area contributed by atoms with Gasteiger partial charge >= 0.3 is 6.18 Å². The predicted molar refractivity (Wildman–Crippen MR) is 151 cm³/mol. The summed E-state index contributed by atoms with van der Waals surface area (Å²) < 4.78 is 89.0. The summed E-state index contributed by atoms with van der Waals surface area (Å²) in [5.74, 6) is -1.68. The van der Waals surface area contributed by atoms with Crippen LogP contribution in [-0.2, 0) is 20.8 Å². The van der Waals surface area contributed by atoms with Crippen molar-refractivity contribution in [2.75, 3.05) is 24.6 Å². The van der Waals surface area contributed by atoms with Gasteiger partial charge in [-0.2, -0.15) is 13.2 Å². The van der Waals surface area contributed by atoms with Gasteiger partial charge in [0.2, 0.25) is 5.91 Å². The van der Waals surface area contributed by atoms with Gasteiger partial charge in [-0.3, -0.25) is 18.7 Å². The minimum absolute atomic E-state index is 0.162. The van der Waals surface area contributed by atoms with Crippen molar-refractivity contribution in [3.05, 3.63) is 65.7 Å². The third-order valence-corrected chi connectivity index (χ3v) is 12.4. The molecule has 0 bridgehead atoms. The van der Waals surface area contributed by atoms with E-state index in [0.717, 1.165) is 18.2 Å². The van der Waals surface area contributed by atoms with Gasteiger partial charge in [0.25, 0.3) is 5.91 Å². The number of rotatable bonds is 7. The molecule has 3 aliphatic rings. The van der Waals surface area contributed by atoms with E-state index in [1.54, 1.807) is 27.4 Å². The van der Waals surface area contributed by atoms with Crippen LogP contribution in [0.15, 0.2) is 59.5 Å². The maximum absolute atomic E-state index is 13.5. The summed E-state index contributed by atoms with van der Waals surface area (Å²) in [6.07, 6.45) is -2.44. The van der Waals surface area contributed by atoms with Gasteiger partial charge in [0.1, 0.15) is 6.04 Å². The van der Waals surface area contributed by atoms with Crippen LogP contribution in [0.1, 0.15) is 48.0 Å². The van der Waals surface area contributed by atoms with E-state index in [1.807, 2.05) is 0 Å². The molecule has 0 unspecified atom stereocenters. The van der Waals surface area contributed by atoms with Crippen molar-refractivity contribution in [3.8, 4) is 0 Å². The number of carbonyl (C=O) groups excluding carboxylic acids is 2. The zero-order valence-corrected chi connectivity index (χ0v) is 24.4. The third-order valence-electron chi connectivity index (χ3n) is 8.43. The summed E-state index contributed by atoms with van der Waals surface area (Å²) in [4.78, 5) is 28.1. The largest absolute Gasteiger partial charge is 0.416 e. The number of nitrogens with zero attached hydrogens (tertiary/aromatic N) is 2. The SMILES string of the molecule is O=C(N[C@H]1CCN([C@H]2CC[C@@H](N3CCCS3(O)O)C[C@H]2CS(=O)(=O)c2ccccc2)C1=O)c1cccc(C(F)(F)F)c1. The Morgan fingerprint density at radius 1 is 1.02 bits per heavy atom. The second-order valence-electron chi connectivity index (χ2n) is 11.1. The number of sulfone groups is 1. The van der Waals surface area contributed by atoms with Crippen LogP contribution in [0.2, 0.25) is 0 Å². The first kappa shape index (κ1) is 30.8. The number of amides is 2. The first-order chi connectivity index (χ1) is 19.8. The van der Waals surface area contributed by atoms with Crippen LogP contribution in [0.4, 0.5) is 13.2 Å². The molecule has 4 atom stereocenters. The Hall–Kier alpha value is -2.65. The average molecular weight is 630 g/mol. The zero-order chi connectivity index (χ0) is 30.3. The molecule has 1 saturated carbocycles. The van der Waals surface area contributed by atoms with Crippen molar-refractivity contribution in [1.29, 1.82) is 0 Å². The van der Waals surface area contributed by atoms with E-state index >= 15 is 0 Å². The zero-order valence-electron chi connectivity index (χ0n) is 22.7. The molecular formula is C28H34F3N3O6S2. The number of hydrogen-bond donors (Lipinski definition) is 3. The molecule has 3 N–H and O–H groups in total. The first-order valence-corrected chi connectivity index (χ1v) is 17.2. The van der Waals surface area contributed by atoms with Crippen molar-refractivity contribution >= 4 is 32.4 Å². The summed E-state index contributed by atoms with van der Waals surface area (Å²) >= 11 is 0. The highest BCUT2D eigenvalue weighted by atomic mass is 32.3. The van der Waals surface area contributed by atoms with Gasteiger partial charge in [0, 0.05) is 30.7 Å².